The monoisotopic (exact) mass is 302 g/mol. The van der Waals surface area contributed by atoms with Crippen LogP contribution in [0.3, 0.4) is 0 Å². The smallest absolute Gasteiger partial charge is 0.293 e. The molecule has 0 aliphatic carbocycles. The average Bonchev–Trinajstić information content (AvgIpc) is 2.26. The molecule has 8 heteroatoms. The Hall–Kier alpha value is -1.67. The highest BCUT2D eigenvalue weighted by molar-refractivity contribution is 7.90. The van der Waals surface area contributed by atoms with Crippen molar-refractivity contribution in [2.24, 2.45) is 0 Å². The number of hydrogen-bond donors (Lipinski definition) is 2. The lowest BCUT2D eigenvalue weighted by atomic mass is 10.1. The molecule has 0 bridgehead atoms. The van der Waals surface area contributed by atoms with Gasteiger partial charge in [0.05, 0.1) is 15.9 Å². The Bertz CT molecular complexity index is 598. The van der Waals surface area contributed by atoms with E-state index in [0.717, 1.165) is 12.3 Å². The van der Waals surface area contributed by atoms with E-state index in [2.05, 4.69) is 5.32 Å². The van der Waals surface area contributed by atoms with Crippen LogP contribution in [0.15, 0.2) is 23.1 Å². The van der Waals surface area contributed by atoms with E-state index < -0.39 is 20.9 Å². The maximum absolute atomic E-state index is 11.4. The number of aliphatic hydroxyl groups excluding tert-OH is 1. The standard InChI is InChI=1S/C12H18N2O5S/c1-8(6-9(2)15)13-11-5-4-10(20(3,18)19)7-12(11)14(16)17/h4-5,7-9,13,15H,6H2,1-3H3. The summed E-state index contributed by atoms with van der Waals surface area (Å²) in [5.74, 6) is 0. The fraction of sp³-hybridized carbons (Fsp3) is 0.500. The van der Waals surface area contributed by atoms with Crippen LogP contribution in [0.5, 0.6) is 0 Å². The number of aliphatic hydroxyl groups is 1. The van der Waals surface area contributed by atoms with E-state index in [1.165, 1.54) is 12.1 Å². The molecule has 2 atom stereocenters. The van der Waals surface area contributed by atoms with Crippen LogP contribution in [0, 0.1) is 10.1 Å². The van der Waals surface area contributed by atoms with Crippen molar-refractivity contribution in [3.8, 4) is 0 Å². The third-order valence-corrected chi connectivity index (χ3v) is 3.80. The Balaban J connectivity index is 3.12. The van der Waals surface area contributed by atoms with Gasteiger partial charge in [-0.2, -0.15) is 0 Å². The maximum atomic E-state index is 11.4. The van der Waals surface area contributed by atoms with Crippen LogP contribution < -0.4 is 5.32 Å². The van der Waals surface area contributed by atoms with Crippen LogP contribution in [0.25, 0.3) is 0 Å². The fourth-order valence-corrected chi connectivity index (χ4v) is 2.49. The van der Waals surface area contributed by atoms with E-state index in [4.69, 9.17) is 0 Å². The van der Waals surface area contributed by atoms with E-state index >= 15 is 0 Å². The first kappa shape index (κ1) is 16.4. The SMILES string of the molecule is CC(O)CC(C)Nc1ccc(S(C)(=O)=O)cc1[N+](=O)[O-]. The van der Waals surface area contributed by atoms with Gasteiger partial charge in [0.2, 0.25) is 0 Å². The first-order valence-corrected chi connectivity index (χ1v) is 7.93. The van der Waals surface area contributed by atoms with Crippen molar-refractivity contribution < 1.29 is 18.4 Å². The summed E-state index contributed by atoms with van der Waals surface area (Å²) in [6.07, 6.45) is 0.882. The number of nitrogens with one attached hydrogen (secondary N) is 1. The van der Waals surface area contributed by atoms with Gasteiger partial charge in [-0.1, -0.05) is 0 Å². The summed E-state index contributed by atoms with van der Waals surface area (Å²) < 4.78 is 22.8. The van der Waals surface area contributed by atoms with Gasteiger partial charge in [0.15, 0.2) is 9.84 Å². The average molecular weight is 302 g/mol. The molecule has 0 amide bonds. The van der Waals surface area contributed by atoms with Crippen molar-refractivity contribution in [1.82, 2.24) is 0 Å². The minimum absolute atomic E-state index is 0.0991. The third kappa shape index (κ3) is 4.46. The predicted molar refractivity (Wildman–Crippen MR) is 75.6 cm³/mol. The molecule has 1 rings (SSSR count). The van der Waals surface area contributed by atoms with Crippen molar-refractivity contribution in [2.75, 3.05) is 11.6 Å². The van der Waals surface area contributed by atoms with Gasteiger partial charge in [-0.3, -0.25) is 10.1 Å². The van der Waals surface area contributed by atoms with Gasteiger partial charge < -0.3 is 10.4 Å². The second kappa shape index (κ2) is 6.19. The number of anilines is 1. The third-order valence-electron chi connectivity index (χ3n) is 2.69. The molecule has 0 aliphatic rings. The molecular formula is C12H18N2O5S. The molecule has 7 nitrogen and oxygen atoms in total. The van der Waals surface area contributed by atoms with Crippen molar-refractivity contribution in [3.05, 3.63) is 28.3 Å². The van der Waals surface area contributed by atoms with Crippen LogP contribution in [-0.2, 0) is 9.84 Å². The van der Waals surface area contributed by atoms with Crippen molar-refractivity contribution in [3.63, 3.8) is 0 Å². The lowest BCUT2D eigenvalue weighted by molar-refractivity contribution is -0.384. The predicted octanol–water partition coefficient (Wildman–Crippen LogP) is 1.57. The zero-order chi connectivity index (χ0) is 15.5. The Morgan fingerprint density at radius 2 is 2.00 bits per heavy atom. The Morgan fingerprint density at radius 1 is 1.40 bits per heavy atom. The van der Waals surface area contributed by atoms with E-state index in [-0.39, 0.29) is 22.3 Å². The molecule has 0 fully saturated rings. The summed E-state index contributed by atoms with van der Waals surface area (Å²) in [5.41, 5.74) is -0.0686. The van der Waals surface area contributed by atoms with E-state index in [1.807, 2.05) is 0 Å². The van der Waals surface area contributed by atoms with Gasteiger partial charge >= 0.3 is 0 Å². The van der Waals surface area contributed by atoms with Gasteiger partial charge in [0.25, 0.3) is 5.69 Å². The fourth-order valence-electron chi connectivity index (χ4n) is 1.85. The van der Waals surface area contributed by atoms with Gasteiger partial charge in [-0.25, -0.2) is 8.42 Å². The molecule has 0 aromatic heterocycles. The quantitative estimate of drug-likeness (QED) is 0.609. The van der Waals surface area contributed by atoms with E-state index in [9.17, 15) is 23.6 Å². The Kier molecular flexibility index (Phi) is 5.07. The van der Waals surface area contributed by atoms with Gasteiger partial charge in [0, 0.05) is 18.4 Å². The molecule has 0 aliphatic heterocycles. The van der Waals surface area contributed by atoms with Gasteiger partial charge in [-0.15, -0.1) is 0 Å². The second-order valence-corrected chi connectivity index (χ2v) is 6.85. The summed E-state index contributed by atoms with van der Waals surface area (Å²) in [5, 5.41) is 23.2. The molecule has 0 spiro atoms. The second-order valence-electron chi connectivity index (χ2n) is 4.84. The molecule has 2 unspecified atom stereocenters. The summed E-state index contributed by atoms with van der Waals surface area (Å²) in [7, 11) is -3.50. The highest BCUT2D eigenvalue weighted by Gasteiger charge is 2.20. The van der Waals surface area contributed by atoms with Crippen molar-refractivity contribution in [2.45, 2.75) is 37.3 Å². The summed E-state index contributed by atoms with van der Waals surface area (Å²) in [4.78, 5) is 10.3. The zero-order valence-corrected chi connectivity index (χ0v) is 12.3. The molecule has 20 heavy (non-hydrogen) atoms. The Morgan fingerprint density at radius 3 is 2.45 bits per heavy atom. The largest absolute Gasteiger partial charge is 0.393 e. The topological polar surface area (TPSA) is 110 Å². The molecule has 2 N–H and O–H groups in total. The molecule has 1 aromatic carbocycles. The van der Waals surface area contributed by atoms with Crippen molar-refractivity contribution >= 4 is 21.2 Å². The van der Waals surface area contributed by atoms with Crippen LogP contribution in [0.2, 0.25) is 0 Å². The normalized spacial score (nSPS) is 14.6. The number of hydrogen-bond acceptors (Lipinski definition) is 6. The minimum atomic E-state index is -3.50. The molecular weight excluding hydrogens is 284 g/mol. The molecule has 0 saturated carbocycles. The lowest BCUT2D eigenvalue weighted by Gasteiger charge is -2.16. The number of nitro groups is 1. The number of nitrogens with zero attached hydrogens (tertiary/aromatic N) is 1. The minimum Gasteiger partial charge on any atom is -0.393 e. The van der Waals surface area contributed by atoms with Gasteiger partial charge in [-0.05, 0) is 32.4 Å². The van der Waals surface area contributed by atoms with Crippen LogP contribution in [0.1, 0.15) is 20.3 Å². The highest BCUT2D eigenvalue weighted by Crippen LogP contribution is 2.28. The number of rotatable bonds is 6. The molecule has 112 valence electrons. The molecule has 0 saturated heterocycles. The molecule has 0 heterocycles. The first-order valence-electron chi connectivity index (χ1n) is 6.04. The lowest BCUT2D eigenvalue weighted by Crippen LogP contribution is -2.21. The number of benzene rings is 1. The number of nitro benzene ring substituents is 1. The van der Waals surface area contributed by atoms with Crippen molar-refractivity contribution in [1.29, 1.82) is 0 Å². The van der Waals surface area contributed by atoms with E-state index in [1.54, 1.807) is 13.8 Å². The molecule has 0 radical (unpaired) electrons. The zero-order valence-electron chi connectivity index (χ0n) is 11.5. The van der Waals surface area contributed by atoms with Crippen LogP contribution >= 0.6 is 0 Å². The van der Waals surface area contributed by atoms with Gasteiger partial charge in [0.1, 0.15) is 5.69 Å². The number of sulfone groups is 1. The maximum Gasteiger partial charge on any atom is 0.293 e. The highest BCUT2D eigenvalue weighted by atomic mass is 32.2. The summed E-state index contributed by atoms with van der Waals surface area (Å²) in [6, 6.07) is 3.54. The van der Waals surface area contributed by atoms with E-state index in [0.29, 0.717) is 6.42 Å². The Labute approximate surface area is 117 Å². The van der Waals surface area contributed by atoms with Crippen LogP contribution in [-0.4, -0.2) is 36.8 Å². The summed E-state index contributed by atoms with van der Waals surface area (Å²) in [6.45, 7) is 3.40. The van der Waals surface area contributed by atoms with Crippen LogP contribution in [0.4, 0.5) is 11.4 Å². The molecule has 1 aromatic rings. The first-order chi connectivity index (χ1) is 9.11. The summed E-state index contributed by atoms with van der Waals surface area (Å²) >= 11 is 0.